The molecule has 0 bridgehead atoms. The Hall–Kier alpha value is -3.84. The molecular weight excluding hydrogens is 384 g/mol. The van der Waals surface area contributed by atoms with Gasteiger partial charge in [0.25, 0.3) is 0 Å². The number of carbonyl (C=O) groups is 1. The predicted molar refractivity (Wildman–Crippen MR) is 115 cm³/mol. The molecule has 1 heterocycles. The van der Waals surface area contributed by atoms with E-state index in [1.165, 1.54) is 17.0 Å². The van der Waals surface area contributed by atoms with Crippen molar-refractivity contribution in [1.82, 2.24) is 14.9 Å². The van der Waals surface area contributed by atoms with Crippen LogP contribution < -0.4 is 0 Å². The van der Waals surface area contributed by atoms with Crippen LogP contribution in [-0.2, 0) is 0 Å². The van der Waals surface area contributed by atoms with Crippen LogP contribution in [0.25, 0.3) is 22.5 Å². The molecule has 7 heteroatoms. The number of nitrogens with zero attached hydrogens (tertiary/aromatic N) is 3. The Morgan fingerprint density at radius 3 is 2.28 bits per heavy atom. The second kappa shape index (κ2) is 8.04. The maximum absolute atomic E-state index is 11.4. The molecule has 142 valence electrons. The summed E-state index contributed by atoms with van der Waals surface area (Å²) in [5, 5.41) is 20.7. The molecular formula is C22H16N4O2S. The monoisotopic (exact) mass is 400 g/mol. The first-order valence-corrected chi connectivity index (χ1v) is 9.24. The number of benzene rings is 3. The molecule has 4 aromatic rings. The average Bonchev–Trinajstić information content (AvgIpc) is 3.13. The van der Waals surface area contributed by atoms with Gasteiger partial charge in [0.15, 0.2) is 5.82 Å². The smallest absolute Gasteiger partial charge is 0.336 e. The number of H-pyrrole nitrogens is 1. The second-order valence-corrected chi connectivity index (χ2v) is 6.63. The summed E-state index contributed by atoms with van der Waals surface area (Å²) in [6.07, 6.45) is 1.47. The van der Waals surface area contributed by atoms with E-state index >= 15 is 0 Å². The van der Waals surface area contributed by atoms with Gasteiger partial charge in [0.1, 0.15) is 0 Å². The molecule has 4 rings (SSSR count). The molecule has 0 aliphatic rings. The van der Waals surface area contributed by atoms with Gasteiger partial charge in [-0.05, 0) is 29.4 Å². The summed E-state index contributed by atoms with van der Waals surface area (Å²) in [6.45, 7) is 0. The molecule has 0 atom stereocenters. The van der Waals surface area contributed by atoms with E-state index < -0.39 is 5.97 Å². The Morgan fingerprint density at radius 2 is 1.55 bits per heavy atom. The standard InChI is InChI=1S/C22H16N4O2S/c27-21(28)19-9-5-4-8-18(19)14-23-26-20(24-25-22(26)29)17-12-10-16(11-13-17)15-6-2-1-3-7-15/h1-14H,(H,25,29)(H,27,28)/b23-14+. The lowest BCUT2D eigenvalue weighted by Crippen LogP contribution is -2.02. The number of carboxylic acids is 1. The molecule has 0 aliphatic carbocycles. The lowest BCUT2D eigenvalue weighted by molar-refractivity contribution is 0.0696. The fourth-order valence-corrected chi connectivity index (χ4v) is 3.13. The van der Waals surface area contributed by atoms with Gasteiger partial charge in [0.05, 0.1) is 11.8 Å². The van der Waals surface area contributed by atoms with E-state index in [0.717, 1.165) is 16.7 Å². The highest BCUT2D eigenvalue weighted by molar-refractivity contribution is 7.71. The van der Waals surface area contributed by atoms with Crippen molar-refractivity contribution < 1.29 is 9.90 Å². The van der Waals surface area contributed by atoms with Crippen molar-refractivity contribution in [3.63, 3.8) is 0 Å². The van der Waals surface area contributed by atoms with Gasteiger partial charge in [-0.25, -0.2) is 9.89 Å². The molecule has 6 nitrogen and oxygen atoms in total. The zero-order chi connectivity index (χ0) is 20.2. The number of hydrogen-bond acceptors (Lipinski definition) is 4. The van der Waals surface area contributed by atoms with E-state index in [0.29, 0.717) is 16.2 Å². The van der Waals surface area contributed by atoms with E-state index in [1.807, 2.05) is 42.5 Å². The molecule has 2 N–H and O–H groups in total. The number of hydrogen-bond donors (Lipinski definition) is 2. The Bertz CT molecular complexity index is 1240. The lowest BCUT2D eigenvalue weighted by atomic mass is 10.0. The fourth-order valence-electron chi connectivity index (χ4n) is 2.95. The minimum absolute atomic E-state index is 0.167. The van der Waals surface area contributed by atoms with Gasteiger partial charge in [-0.2, -0.15) is 14.9 Å². The molecule has 1 aromatic heterocycles. The maximum Gasteiger partial charge on any atom is 0.336 e. The zero-order valence-electron chi connectivity index (χ0n) is 15.2. The van der Waals surface area contributed by atoms with Crippen LogP contribution in [0.2, 0.25) is 0 Å². The molecule has 0 radical (unpaired) electrons. The highest BCUT2D eigenvalue weighted by Gasteiger charge is 2.10. The Labute approximate surface area is 171 Å². The zero-order valence-corrected chi connectivity index (χ0v) is 16.0. The highest BCUT2D eigenvalue weighted by atomic mass is 32.1. The molecule has 0 fully saturated rings. The number of aromatic amines is 1. The number of aromatic carboxylic acids is 1. The quantitative estimate of drug-likeness (QED) is 0.370. The van der Waals surface area contributed by atoms with Crippen LogP contribution in [-0.4, -0.2) is 32.2 Å². The molecule has 29 heavy (non-hydrogen) atoms. The van der Waals surface area contributed by atoms with Crippen molar-refractivity contribution in [2.24, 2.45) is 5.10 Å². The Kier molecular flexibility index (Phi) is 5.13. The van der Waals surface area contributed by atoms with Gasteiger partial charge < -0.3 is 5.11 Å². The summed E-state index contributed by atoms with van der Waals surface area (Å²) in [4.78, 5) is 11.4. The van der Waals surface area contributed by atoms with Crippen molar-refractivity contribution in [1.29, 1.82) is 0 Å². The number of rotatable bonds is 5. The molecule has 0 spiro atoms. The SMILES string of the molecule is O=C(O)c1ccccc1/C=N/n1c(-c2ccc(-c3ccccc3)cc2)n[nH]c1=S. The number of carboxylic acid groups (broad SMARTS) is 1. The fraction of sp³-hybridized carbons (Fsp3) is 0. The van der Waals surface area contributed by atoms with Gasteiger partial charge in [0.2, 0.25) is 4.77 Å². The van der Waals surface area contributed by atoms with Gasteiger partial charge in [-0.1, -0.05) is 72.8 Å². The van der Waals surface area contributed by atoms with Crippen molar-refractivity contribution in [3.8, 4) is 22.5 Å². The van der Waals surface area contributed by atoms with Crippen LogP contribution >= 0.6 is 12.2 Å². The first kappa shape index (κ1) is 18.5. The summed E-state index contributed by atoms with van der Waals surface area (Å²) in [7, 11) is 0. The first-order valence-electron chi connectivity index (χ1n) is 8.83. The summed E-state index contributed by atoms with van der Waals surface area (Å²) >= 11 is 5.29. The maximum atomic E-state index is 11.4. The van der Waals surface area contributed by atoms with Crippen LogP contribution in [0.1, 0.15) is 15.9 Å². The molecule has 3 aromatic carbocycles. The van der Waals surface area contributed by atoms with Gasteiger partial charge in [0, 0.05) is 11.1 Å². The van der Waals surface area contributed by atoms with Crippen LogP contribution in [0.15, 0.2) is 84.0 Å². The highest BCUT2D eigenvalue weighted by Crippen LogP contribution is 2.24. The average molecular weight is 400 g/mol. The third-order valence-electron chi connectivity index (χ3n) is 4.40. The lowest BCUT2D eigenvalue weighted by Gasteiger charge is -2.05. The van der Waals surface area contributed by atoms with E-state index in [2.05, 4.69) is 27.4 Å². The molecule has 0 saturated carbocycles. The Morgan fingerprint density at radius 1 is 0.931 bits per heavy atom. The largest absolute Gasteiger partial charge is 0.478 e. The van der Waals surface area contributed by atoms with Gasteiger partial charge in [-0.15, -0.1) is 0 Å². The Balaban J connectivity index is 1.68. The third-order valence-corrected chi connectivity index (χ3v) is 4.67. The van der Waals surface area contributed by atoms with Crippen LogP contribution in [0.5, 0.6) is 0 Å². The van der Waals surface area contributed by atoms with Gasteiger partial charge >= 0.3 is 5.97 Å². The summed E-state index contributed by atoms with van der Waals surface area (Å²) < 4.78 is 1.79. The molecule has 0 aliphatic heterocycles. The van der Waals surface area contributed by atoms with E-state index in [9.17, 15) is 9.90 Å². The van der Waals surface area contributed by atoms with Gasteiger partial charge in [-0.3, -0.25) is 0 Å². The van der Waals surface area contributed by atoms with Crippen molar-refractivity contribution in [2.75, 3.05) is 0 Å². The van der Waals surface area contributed by atoms with Crippen LogP contribution in [0, 0.1) is 4.77 Å². The topological polar surface area (TPSA) is 83.3 Å². The van der Waals surface area contributed by atoms with Crippen LogP contribution in [0.4, 0.5) is 0 Å². The van der Waals surface area contributed by atoms with Crippen molar-refractivity contribution in [2.45, 2.75) is 0 Å². The summed E-state index contributed by atoms with van der Waals surface area (Å²) in [5.41, 5.74) is 3.70. The summed E-state index contributed by atoms with van der Waals surface area (Å²) in [5.74, 6) is -0.474. The van der Waals surface area contributed by atoms with Crippen molar-refractivity contribution in [3.05, 3.63) is 94.8 Å². The first-order chi connectivity index (χ1) is 14.1. The van der Waals surface area contributed by atoms with Crippen LogP contribution in [0.3, 0.4) is 0 Å². The minimum Gasteiger partial charge on any atom is -0.478 e. The van der Waals surface area contributed by atoms with E-state index in [-0.39, 0.29) is 5.56 Å². The molecule has 0 amide bonds. The van der Waals surface area contributed by atoms with Crippen molar-refractivity contribution >= 4 is 24.4 Å². The summed E-state index contributed by atoms with van der Waals surface area (Å²) in [6, 6.07) is 24.6. The molecule has 0 unspecified atom stereocenters. The molecule has 0 saturated heterocycles. The predicted octanol–water partition coefficient (Wildman–Crippen LogP) is 4.86. The second-order valence-electron chi connectivity index (χ2n) is 6.24. The van der Waals surface area contributed by atoms with E-state index in [4.69, 9.17) is 12.2 Å². The van der Waals surface area contributed by atoms with E-state index in [1.54, 1.807) is 18.2 Å². The third kappa shape index (κ3) is 3.90. The number of aromatic nitrogens is 3. The number of nitrogens with one attached hydrogen (secondary N) is 1. The normalized spacial score (nSPS) is 11.0. The minimum atomic E-state index is -1.01.